The molecule has 0 unspecified atom stereocenters. The Morgan fingerprint density at radius 2 is 1.71 bits per heavy atom. The van der Waals surface area contributed by atoms with E-state index in [1.54, 1.807) is 12.1 Å². The number of halogens is 1. The van der Waals surface area contributed by atoms with Gasteiger partial charge in [0.1, 0.15) is 18.2 Å². The molecule has 0 aromatic heterocycles. The van der Waals surface area contributed by atoms with Crippen molar-refractivity contribution in [3.63, 3.8) is 0 Å². The smallest absolute Gasteiger partial charge is 0.217 e. The first-order chi connectivity index (χ1) is 15.0. The van der Waals surface area contributed by atoms with Gasteiger partial charge in [0.2, 0.25) is 5.91 Å². The van der Waals surface area contributed by atoms with E-state index in [0.717, 1.165) is 31.2 Å². The molecule has 2 aromatic carbocycles. The van der Waals surface area contributed by atoms with Crippen LogP contribution in [0.1, 0.15) is 50.7 Å². The van der Waals surface area contributed by atoms with E-state index in [1.165, 1.54) is 13.0 Å². The quantitative estimate of drug-likeness (QED) is 0.591. The van der Waals surface area contributed by atoms with Gasteiger partial charge in [-0.25, -0.2) is 4.39 Å². The highest BCUT2D eigenvalue weighted by atomic mass is 19.1. The SMILES string of the molecule is CC(=O)N[C@@H](C)COC1CCC(OCc2ccc(OCc3ccccc3)cc2F)CC1. The van der Waals surface area contributed by atoms with Crippen LogP contribution in [0.5, 0.6) is 5.75 Å². The fourth-order valence-corrected chi connectivity index (χ4v) is 3.72. The van der Waals surface area contributed by atoms with Crippen LogP contribution in [0.15, 0.2) is 48.5 Å². The summed E-state index contributed by atoms with van der Waals surface area (Å²) in [7, 11) is 0. The molecule has 5 nitrogen and oxygen atoms in total. The van der Waals surface area contributed by atoms with Gasteiger partial charge in [-0.1, -0.05) is 36.4 Å². The zero-order valence-electron chi connectivity index (χ0n) is 18.3. The first-order valence-corrected chi connectivity index (χ1v) is 10.9. The van der Waals surface area contributed by atoms with Crippen molar-refractivity contribution >= 4 is 5.91 Å². The van der Waals surface area contributed by atoms with Crippen LogP contribution < -0.4 is 10.1 Å². The highest BCUT2D eigenvalue weighted by molar-refractivity contribution is 5.73. The minimum Gasteiger partial charge on any atom is -0.489 e. The van der Waals surface area contributed by atoms with E-state index in [0.29, 0.717) is 24.5 Å². The van der Waals surface area contributed by atoms with E-state index >= 15 is 0 Å². The molecule has 1 aliphatic rings. The van der Waals surface area contributed by atoms with Gasteiger partial charge in [-0.05, 0) is 44.2 Å². The molecule has 1 amide bonds. The van der Waals surface area contributed by atoms with Crippen LogP contribution in [0.2, 0.25) is 0 Å². The van der Waals surface area contributed by atoms with Crippen molar-refractivity contribution in [1.29, 1.82) is 0 Å². The van der Waals surface area contributed by atoms with Crippen LogP contribution in [-0.2, 0) is 27.5 Å². The Hall–Kier alpha value is -2.44. The van der Waals surface area contributed by atoms with Crippen LogP contribution in [0.4, 0.5) is 4.39 Å². The summed E-state index contributed by atoms with van der Waals surface area (Å²) in [4.78, 5) is 11.1. The van der Waals surface area contributed by atoms with Gasteiger partial charge in [-0.3, -0.25) is 4.79 Å². The maximum Gasteiger partial charge on any atom is 0.217 e. The molecule has 3 rings (SSSR count). The third-order valence-electron chi connectivity index (χ3n) is 5.40. The van der Waals surface area contributed by atoms with Gasteiger partial charge in [-0.2, -0.15) is 0 Å². The fourth-order valence-electron chi connectivity index (χ4n) is 3.72. The van der Waals surface area contributed by atoms with Gasteiger partial charge in [0.15, 0.2) is 0 Å². The summed E-state index contributed by atoms with van der Waals surface area (Å²) < 4.78 is 32.0. The lowest BCUT2D eigenvalue weighted by atomic mass is 9.95. The first kappa shape index (κ1) is 23.2. The molecule has 1 aliphatic carbocycles. The Morgan fingerprint density at radius 1 is 1.03 bits per heavy atom. The summed E-state index contributed by atoms with van der Waals surface area (Å²) in [5.41, 5.74) is 1.58. The van der Waals surface area contributed by atoms with Gasteiger partial charge < -0.3 is 19.5 Å². The largest absolute Gasteiger partial charge is 0.489 e. The van der Waals surface area contributed by atoms with Crippen molar-refractivity contribution in [2.75, 3.05) is 6.61 Å². The summed E-state index contributed by atoms with van der Waals surface area (Å²) >= 11 is 0. The van der Waals surface area contributed by atoms with Gasteiger partial charge in [0.25, 0.3) is 0 Å². The van der Waals surface area contributed by atoms with E-state index in [9.17, 15) is 9.18 Å². The Labute approximate surface area is 183 Å². The highest BCUT2D eigenvalue weighted by Gasteiger charge is 2.23. The molecule has 0 radical (unpaired) electrons. The van der Waals surface area contributed by atoms with Crippen LogP contribution in [0, 0.1) is 5.82 Å². The van der Waals surface area contributed by atoms with Crippen molar-refractivity contribution in [2.45, 2.75) is 71.0 Å². The number of amides is 1. The van der Waals surface area contributed by atoms with Crippen LogP contribution in [0.25, 0.3) is 0 Å². The normalized spacial score (nSPS) is 19.6. The van der Waals surface area contributed by atoms with E-state index in [4.69, 9.17) is 14.2 Å². The van der Waals surface area contributed by atoms with Crippen molar-refractivity contribution in [2.24, 2.45) is 0 Å². The molecule has 2 aromatic rings. The second-order valence-corrected chi connectivity index (χ2v) is 8.17. The van der Waals surface area contributed by atoms with Crippen molar-refractivity contribution in [1.82, 2.24) is 5.32 Å². The molecule has 6 heteroatoms. The number of nitrogens with one attached hydrogen (secondary N) is 1. The number of hydrogen-bond donors (Lipinski definition) is 1. The molecule has 1 atom stereocenters. The summed E-state index contributed by atoms with van der Waals surface area (Å²) in [5.74, 6) is 0.155. The van der Waals surface area contributed by atoms with Gasteiger partial charge in [0.05, 0.1) is 25.4 Å². The Kier molecular flexibility index (Phi) is 8.85. The molecule has 0 spiro atoms. The molecule has 1 N–H and O–H groups in total. The minimum absolute atomic E-state index is 0.00842. The van der Waals surface area contributed by atoms with E-state index in [-0.39, 0.29) is 36.6 Å². The summed E-state index contributed by atoms with van der Waals surface area (Å²) in [5, 5.41) is 2.82. The first-order valence-electron chi connectivity index (χ1n) is 10.9. The maximum atomic E-state index is 14.4. The zero-order valence-corrected chi connectivity index (χ0v) is 18.3. The van der Waals surface area contributed by atoms with Gasteiger partial charge >= 0.3 is 0 Å². The number of carbonyl (C=O) groups excluding carboxylic acids is 1. The van der Waals surface area contributed by atoms with Gasteiger partial charge in [-0.15, -0.1) is 0 Å². The Bertz CT molecular complexity index is 822. The molecule has 0 saturated heterocycles. The molecular formula is C25H32FNO4. The van der Waals surface area contributed by atoms with Crippen molar-refractivity contribution < 1.29 is 23.4 Å². The fraction of sp³-hybridized carbons (Fsp3) is 0.480. The average Bonchev–Trinajstić information content (AvgIpc) is 2.76. The van der Waals surface area contributed by atoms with Crippen molar-refractivity contribution in [3.8, 4) is 5.75 Å². The van der Waals surface area contributed by atoms with Crippen LogP contribution in [0.3, 0.4) is 0 Å². The standard InChI is InChI=1S/C25H32FNO4/c1-18(27-19(2)28)15-29-22-10-12-23(13-11-22)31-17-21-8-9-24(14-25(21)26)30-16-20-6-4-3-5-7-20/h3-9,14,18,22-23H,10-13,15-17H2,1-2H3,(H,27,28)/t18-,22?,23?/m0/s1. The lowest BCUT2D eigenvalue weighted by Gasteiger charge is -2.29. The predicted octanol–water partition coefficient (Wildman–Crippen LogP) is 4.77. The predicted molar refractivity (Wildman–Crippen MR) is 117 cm³/mol. The second-order valence-electron chi connectivity index (χ2n) is 8.17. The lowest BCUT2D eigenvalue weighted by molar-refractivity contribution is -0.120. The lowest BCUT2D eigenvalue weighted by Crippen LogP contribution is -2.36. The number of ether oxygens (including phenoxy) is 3. The second kappa shape index (κ2) is 11.8. The third kappa shape index (κ3) is 7.96. The number of benzene rings is 2. The van der Waals surface area contributed by atoms with Gasteiger partial charge in [0, 0.05) is 24.6 Å². The molecule has 0 heterocycles. The molecule has 1 saturated carbocycles. The summed E-state index contributed by atoms with van der Waals surface area (Å²) in [6, 6.07) is 14.7. The molecule has 31 heavy (non-hydrogen) atoms. The van der Waals surface area contributed by atoms with Crippen LogP contribution in [-0.4, -0.2) is 30.8 Å². The summed E-state index contributed by atoms with van der Waals surface area (Å²) in [6.45, 7) is 4.61. The molecule has 168 valence electrons. The monoisotopic (exact) mass is 429 g/mol. The number of carbonyl (C=O) groups is 1. The summed E-state index contributed by atoms with van der Waals surface area (Å²) in [6.07, 6.45) is 3.89. The topological polar surface area (TPSA) is 56.8 Å². The minimum atomic E-state index is -0.311. The molecule has 0 aliphatic heterocycles. The van der Waals surface area contributed by atoms with E-state index < -0.39 is 0 Å². The average molecular weight is 430 g/mol. The molecule has 1 fully saturated rings. The maximum absolute atomic E-state index is 14.4. The highest BCUT2D eigenvalue weighted by Crippen LogP contribution is 2.25. The van der Waals surface area contributed by atoms with E-state index in [2.05, 4.69) is 5.32 Å². The zero-order chi connectivity index (χ0) is 22.1. The van der Waals surface area contributed by atoms with Crippen LogP contribution >= 0.6 is 0 Å². The third-order valence-corrected chi connectivity index (χ3v) is 5.40. The Balaban J connectivity index is 1.37. The Morgan fingerprint density at radius 3 is 2.35 bits per heavy atom. The van der Waals surface area contributed by atoms with E-state index in [1.807, 2.05) is 37.3 Å². The molecule has 0 bridgehead atoms. The number of hydrogen-bond acceptors (Lipinski definition) is 4. The number of rotatable bonds is 10. The van der Waals surface area contributed by atoms with Crippen molar-refractivity contribution in [3.05, 3.63) is 65.5 Å². The molecular weight excluding hydrogens is 397 g/mol.